The molecule has 0 saturated carbocycles. The highest BCUT2D eigenvalue weighted by Crippen LogP contribution is 2.34. The van der Waals surface area contributed by atoms with E-state index in [1.54, 1.807) is 11.3 Å². The summed E-state index contributed by atoms with van der Waals surface area (Å²) >= 11 is 3.07. The monoisotopic (exact) mass is 347 g/mol. The lowest BCUT2D eigenvalue weighted by atomic mass is 10.1. The van der Waals surface area contributed by atoms with Gasteiger partial charge in [0.15, 0.2) is 0 Å². The molecule has 0 aromatic carbocycles. The Balaban J connectivity index is 1.52. The second-order valence-corrected chi connectivity index (χ2v) is 7.99. The van der Waals surface area contributed by atoms with Crippen molar-refractivity contribution in [3.8, 4) is 0 Å². The van der Waals surface area contributed by atoms with Crippen molar-refractivity contribution in [1.82, 2.24) is 14.8 Å². The number of hydrogen-bond donors (Lipinski definition) is 0. The third kappa shape index (κ3) is 2.57. The normalized spacial score (nSPS) is 23.6. The lowest BCUT2D eigenvalue weighted by Crippen LogP contribution is -2.39. The highest BCUT2D eigenvalue weighted by atomic mass is 32.1. The quantitative estimate of drug-likeness (QED) is 0.857. The summed E-state index contributed by atoms with van der Waals surface area (Å²) in [6.45, 7) is 3.26. The molecule has 4 heterocycles. The molecule has 0 spiro atoms. The Morgan fingerprint density at radius 2 is 2.26 bits per heavy atom. The van der Waals surface area contributed by atoms with Gasteiger partial charge in [0.25, 0.3) is 5.91 Å². The first kappa shape index (κ1) is 14.8. The van der Waals surface area contributed by atoms with E-state index in [0.717, 1.165) is 28.5 Å². The zero-order valence-corrected chi connectivity index (χ0v) is 14.4. The van der Waals surface area contributed by atoms with Crippen molar-refractivity contribution in [2.75, 3.05) is 6.54 Å². The van der Waals surface area contributed by atoms with Crippen LogP contribution in [0.25, 0.3) is 0 Å². The first-order chi connectivity index (χ1) is 11.1. The second kappa shape index (κ2) is 5.72. The van der Waals surface area contributed by atoms with Crippen LogP contribution < -0.4 is 0 Å². The molecule has 23 heavy (non-hydrogen) atoms. The van der Waals surface area contributed by atoms with Gasteiger partial charge < -0.3 is 9.80 Å². The molecule has 2 aromatic rings. The number of likely N-dealkylation sites (tertiary alicyclic amines) is 2. The molecule has 7 heteroatoms. The lowest BCUT2D eigenvalue weighted by molar-refractivity contribution is -0.129. The van der Waals surface area contributed by atoms with Gasteiger partial charge in [-0.15, -0.1) is 22.7 Å². The summed E-state index contributed by atoms with van der Waals surface area (Å²) in [5, 5.41) is 4.95. The van der Waals surface area contributed by atoms with E-state index in [0.29, 0.717) is 13.0 Å². The fraction of sp³-hybridized carbons (Fsp3) is 0.438. The highest BCUT2D eigenvalue weighted by molar-refractivity contribution is 7.12. The van der Waals surface area contributed by atoms with Gasteiger partial charge in [-0.25, -0.2) is 4.98 Å². The number of thiophene rings is 1. The molecule has 120 valence electrons. The summed E-state index contributed by atoms with van der Waals surface area (Å²) in [5.74, 6) is 0.195. The van der Waals surface area contributed by atoms with Gasteiger partial charge in [-0.3, -0.25) is 9.59 Å². The fourth-order valence-corrected chi connectivity index (χ4v) is 4.87. The van der Waals surface area contributed by atoms with Crippen LogP contribution in [0.3, 0.4) is 0 Å². The molecular formula is C16H17N3O2S2. The number of amides is 2. The minimum atomic E-state index is 0.0110. The highest BCUT2D eigenvalue weighted by Gasteiger charge is 2.48. The molecule has 0 unspecified atom stereocenters. The zero-order chi connectivity index (χ0) is 16.0. The maximum atomic E-state index is 12.6. The van der Waals surface area contributed by atoms with E-state index >= 15 is 0 Å². The minimum absolute atomic E-state index is 0.0110. The van der Waals surface area contributed by atoms with Gasteiger partial charge >= 0.3 is 0 Å². The average molecular weight is 347 g/mol. The number of nitrogens with zero attached hydrogens (tertiary/aromatic N) is 3. The first-order valence-corrected chi connectivity index (χ1v) is 9.44. The van der Waals surface area contributed by atoms with Crippen LogP contribution in [0.2, 0.25) is 0 Å². The standard InChI is InChI=1S/C16H17N3O2S2/c1-10-17-11(9-23-10)8-19-12-4-5-18(13(12)7-15(19)20)16(21)14-3-2-6-22-14/h2-3,6,9,12-13H,4-5,7-8H2,1H3/t12-,13+/m0/s1. The smallest absolute Gasteiger partial charge is 0.264 e. The topological polar surface area (TPSA) is 53.5 Å². The van der Waals surface area contributed by atoms with Crippen LogP contribution in [-0.2, 0) is 11.3 Å². The maximum absolute atomic E-state index is 12.6. The molecule has 2 saturated heterocycles. The molecule has 4 rings (SSSR count). The molecule has 0 N–H and O–H groups in total. The summed E-state index contributed by atoms with van der Waals surface area (Å²) in [6.07, 6.45) is 1.29. The van der Waals surface area contributed by atoms with Crippen molar-refractivity contribution in [2.24, 2.45) is 0 Å². The molecule has 5 nitrogen and oxygen atoms in total. The SMILES string of the molecule is Cc1nc(CN2C(=O)C[C@@H]3[C@@H]2CCN3C(=O)c2cccs2)cs1. The van der Waals surface area contributed by atoms with E-state index in [1.165, 1.54) is 11.3 Å². The predicted octanol–water partition coefficient (Wildman–Crippen LogP) is 2.53. The molecule has 0 radical (unpaired) electrons. The Labute approximate surface area is 142 Å². The van der Waals surface area contributed by atoms with Crippen LogP contribution in [0, 0.1) is 6.92 Å². The van der Waals surface area contributed by atoms with Gasteiger partial charge in [0.05, 0.1) is 34.2 Å². The minimum Gasteiger partial charge on any atom is -0.332 e. The van der Waals surface area contributed by atoms with Gasteiger partial charge in [0.2, 0.25) is 5.91 Å². The number of rotatable bonds is 3. The lowest BCUT2D eigenvalue weighted by Gasteiger charge is -2.24. The van der Waals surface area contributed by atoms with Crippen LogP contribution >= 0.6 is 22.7 Å². The Kier molecular flexibility index (Phi) is 3.69. The number of thiazole rings is 1. The number of aromatic nitrogens is 1. The summed E-state index contributed by atoms with van der Waals surface area (Å²) in [5.41, 5.74) is 0.949. The predicted molar refractivity (Wildman–Crippen MR) is 89.6 cm³/mol. The largest absolute Gasteiger partial charge is 0.332 e. The van der Waals surface area contributed by atoms with Gasteiger partial charge in [0.1, 0.15) is 0 Å². The molecule has 2 atom stereocenters. The summed E-state index contributed by atoms with van der Waals surface area (Å²) in [4.78, 5) is 34.1. The third-order valence-corrected chi connectivity index (χ3v) is 6.29. The van der Waals surface area contributed by atoms with E-state index in [2.05, 4.69) is 4.98 Å². The van der Waals surface area contributed by atoms with Crippen molar-refractivity contribution in [3.63, 3.8) is 0 Å². The Morgan fingerprint density at radius 1 is 1.39 bits per heavy atom. The molecule has 0 aliphatic carbocycles. The third-order valence-electron chi connectivity index (χ3n) is 4.61. The van der Waals surface area contributed by atoms with Crippen LogP contribution in [0.5, 0.6) is 0 Å². The van der Waals surface area contributed by atoms with E-state index in [-0.39, 0.29) is 23.9 Å². The summed E-state index contributed by atoms with van der Waals surface area (Å²) in [6, 6.07) is 3.89. The number of carbonyl (C=O) groups excluding carboxylic acids is 2. The van der Waals surface area contributed by atoms with Crippen LogP contribution in [0.15, 0.2) is 22.9 Å². The Bertz CT molecular complexity index is 740. The van der Waals surface area contributed by atoms with Crippen LogP contribution in [-0.4, -0.2) is 45.2 Å². The number of aryl methyl sites for hydroxylation is 1. The van der Waals surface area contributed by atoms with Crippen molar-refractivity contribution in [2.45, 2.75) is 38.4 Å². The van der Waals surface area contributed by atoms with Crippen LogP contribution in [0.1, 0.15) is 33.2 Å². The number of fused-ring (bicyclic) bond motifs is 1. The second-order valence-electron chi connectivity index (χ2n) is 5.98. The summed E-state index contributed by atoms with van der Waals surface area (Å²) < 4.78 is 0. The molecule has 2 aliphatic heterocycles. The van der Waals surface area contributed by atoms with Gasteiger partial charge in [-0.1, -0.05) is 6.07 Å². The van der Waals surface area contributed by atoms with Crippen LogP contribution in [0.4, 0.5) is 0 Å². The molecule has 2 fully saturated rings. The number of hydrogen-bond acceptors (Lipinski definition) is 5. The Hall–Kier alpha value is -1.73. The van der Waals surface area contributed by atoms with E-state index in [4.69, 9.17) is 0 Å². The molecule has 2 amide bonds. The first-order valence-electron chi connectivity index (χ1n) is 7.68. The van der Waals surface area contributed by atoms with Gasteiger partial charge in [0, 0.05) is 18.3 Å². The summed E-state index contributed by atoms with van der Waals surface area (Å²) in [7, 11) is 0. The van der Waals surface area contributed by atoms with Gasteiger partial charge in [-0.2, -0.15) is 0 Å². The fourth-order valence-electron chi connectivity index (χ4n) is 3.58. The van der Waals surface area contributed by atoms with E-state index in [9.17, 15) is 9.59 Å². The van der Waals surface area contributed by atoms with Crippen molar-refractivity contribution in [1.29, 1.82) is 0 Å². The Morgan fingerprint density at radius 3 is 2.96 bits per heavy atom. The maximum Gasteiger partial charge on any atom is 0.264 e. The van der Waals surface area contributed by atoms with E-state index in [1.807, 2.05) is 39.6 Å². The average Bonchev–Trinajstić information content (AvgIpc) is 3.27. The van der Waals surface area contributed by atoms with Crippen molar-refractivity contribution >= 4 is 34.5 Å². The van der Waals surface area contributed by atoms with Crippen molar-refractivity contribution in [3.05, 3.63) is 38.5 Å². The molecular weight excluding hydrogens is 330 g/mol. The van der Waals surface area contributed by atoms with Gasteiger partial charge in [-0.05, 0) is 24.8 Å². The molecule has 2 aliphatic rings. The molecule has 2 aromatic heterocycles. The van der Waals surface area contributed by atoms with E-state index < -0.39 is 0 Å². The number of carbonyl (C=O) groups is 2. The molecule has 0 bridgehead atoms. The zero-order valence-electron chi connectivity index (χ0n) is 12.8. The van der Waals surface area contributed by atoms with Crippen molar-refractivity contribution < 1.29 is 9.59 Å².